The molecule has 2 atom stereocenters. The molecule has 0 radical (unpaired) electrons. The number of benzene rings is 1. The molecular weight excluding hydrogens is 493 g/mol. The third kappa shape index (κ3) is 4.91. The Morgan fingerprint density at radius 3 is 2.22 bits per heavy atom. The van der Waals surface area contributed by atoms with Crippen LogP contribution in [-0.2, 0) is 24.4 Å². The third-order valence-corrected chi connectivity index (χ3v) is 52.4. The van der Waals surface area contributed by atoms with Gasteiger partial charge in [-0.15, -0.1) is 0 Å². The van der Waals surface area contributed by atoms with E-state index in [2.05, 4.69) is 80.6 Å². The van der Waals surface area contributed by atoms with Crippen LogP contribution in [0, 0.1) is 0 Å². The van der Waals surface area contributed by atoms with E-state index in [1.165, 1.54) is 11.1 Å². The minimum absolute atomic E-state index is 0.0789. The van der Waals surface area contributed by atoms with Crippen molar-refractivity contribution in [2.75, 3.05) is 6.61 Å². The van der Waals surface area contributed by atoms with Gasteiger partial charge in [0.05, 0.1) is 0 Å². The second-order valence-electron chi connectivity index (χ2n) is 9.52. The maximum absolute atomic E-state index is 7.75. The van der Waals surface area contributed by atoms with E-state index in [4.69, 9.17) is 25.6 Å². The molecule has 1 aromatic carbocycles. The number of halogens is 2. The molecule has 0 bridgehead atoms. The van der Waals surface area contributed by atoms with E-state index >= 15 is 0 Å². The first-order valence-electron chi connectivity index (χ1n) is 9.60. The molecule has 1 N–H and O–H groups in total. The zero-order chi connectivity index (χ0) is 20.8. The Balaban J connectivity index is 2.73. The first-order chi connectivity index (χ1) is 12.1. The molecule has 153 valence electrons. The van der Waals surface area contributed by atoms with E-state index < -0.39 is 29.9 Å². The summed E-state index contributed by atoms with van der Waals surface area (Å²) in [5.74, 6) is 0. The van der Waals surface area contributed by atoms with E-state index in [0.717, 1.165) is 0 Å². The van der Waals surface area contributed by atoms with Crippen LogP contribution in [-0.4, -0.2) is 26.2 Å². The molecule has 1 aromatic rings. The predicted octanol–water partition coefficient (Wildman–Crippen LogP) is 6.51. The summed E-state index contributed by atoms with van der Waals surface area (Å²) in [6.45, 7) is 17.5. The Kier molecular flexibility index (Phi) is 6.91. The van der Waals surface area contributed by atoms with Gasteiger partial charge in [-0.25, -0.2) is 0 Å². The van der Waals surface area contributed by atoms with Crippen LogP contribution in [0.3, 0.4) is 0 Å². The molecule has 27 heavy (non-hydrogen) atoms. The Morgan fingerprint density at radius 1 is 1.11 bits per heavy atom. The fraction of sp³-hybridized carbons (Fsp3) is 0.579. The quantitative estimate of drug-likeness (QED) is 0.411. The van der Waals surface area contributed by atoms with Crippen LogP contribution in [0.2, 0.25) is 26.2 Å². The average Bonchev–Trinajstić information content (AvgIpc) is 2.88. The molecule has 0 heterocycles. The summed E-state index contributed by atoms with van der Waals surface area (Å²) in [6.07, 6.45) is 4.31. The number of nitrogens with one attached hydrogen (secondary N) is 1. The molecule has 1 aliphatic carbocycles. The van der Waals surface area contributed by atoms with Crippen molar-refractivity contribution in [1.29, 1.82) is 0 Å². The van der Waals surface area contributed by atoms with Crippen LogP contribution >= 0.6 is 17.0 Å². The van der Waals surface area contributed by atoms with Crippen molar-refractivity contribution in [2.45, 2.75) is 63.0 Å². The van der Waals surface area contributed by atoms with Gasteiger partial charge in [-0.2, -0.15) is 0 Å². The van der Waals surface area contributed by atoms with Gasteiger partial charge in [-0.3, -0.25) is 0 Å². The van der Waals surface area contributed by atoms with Crippen molar-refractivity contribution >= 4 is 37.1 Å². The van der Waals surface area contributed by atoms with Crippen LogP contribution in [0.1, 0.15) is 42.4 Å². The van der Waals surface area contributed by atoms with Crippen molar-refractivity contribution in [3.63, 3.8) is 0 Å². The van der Waals surface area contributed by atoms with Crippen molar-refractivity contribution < 1.29 is 24.4 Å². The second-order valence-corrected chi connectivity index (χ2v) is 51.2. The van der Waals surface area contributed by atoms with Crippen LogP contribution in [0.4, 0.5) is 0 Å². The van der Waals surface area contributed by atoms with E-state index in [1.54, 1.807) is 0 Å². The molecule has 0 amide bonds. The summed E-state index contributed by atoms with van der Waals surface area (Å²) in [4.78, 5) is 0. The molecular formula is C19H34Cl2NO2Si2Zr. The predicted molar refractivity (Wildman–Crippen MR) is 120 cm³/mol. The molecule has 0 spiro atoms. The number of hydrogen-bond donors (Lipinski definition) is 1. The van der Waals surface area contributed by atoms with Gasteiger partial charge in [-0.05, 0) is 0 Å². The van der Waals surface area contributed by atoms with Crippen molar-refractivity contribution in [3.05, 3.63) is 41.5 Å². The van der Waals surface area contributed by atoms with E-state index in [1.807, 2.05) is 13.0 Å². The molecule has 8 heteroatoms. The van der Waals surface area contributed by atoms with Crippen molar-refractivity contribution in [3.8, 4) is 0 Å². The minimum atomic E-state index is -4.93. The van der Waals surface area contributed by atoms with Gasteiger partial charge in [0.15, 0.2) is 0 Å². The monoisotopic (exact) mass is 524 g/mol. The fourth-order valence-electron chi connectivity index (χ4n) is 3.97. The SMILES string of the molecule is CCO[Si](C)(O[Si](C)(C)C)[Zr]([Cl])([Cl])([NH]C(C)(C)C)[CH]1C=Cc2ccccc21. The second kappa shape index (κ2) is 7.77. The Hall–Kier alpha value is 0.737. The summed E-state index contributed by atoms with van der Waals surface area (Å²) in [7, 11) is 13.6. The number of fused-ring (bicyclic) bond motifs is 1. The number of hydrogen-bond acceptors (Lipinski definition) is 3. The zero-order valence-corrected chi connectivity index (χ0v) is 23.8. The summed E-state index contributed by atoms with van der Waals surface area (Å²) in [5.41, 5.74) is -0.858. The Morgan fingerprint density at radius 2 is 1.70 bits per heavy atom. The van der Waals surface area contributed by atoms with Gasteiger partial charge < -0.3 is 0 Å². The molecule has 0 saturated heterocycles. The van der Waals surface area contributed by atoms with Crippen LogP contribution in [0.5, 0.6) is 0 Å². The Bertz CT molecular complexity index is 731. The number of rotatable bonds is 7. The number of allylic oxidation sites excluding steroid dienone is 1. The molecule has 0 aliphatic heterocycles. The normalized spacial score (nSPS) is 21.4. The summed E-state index contributed by atoms with van der Waals surface area (Å²) in [5, 5.41) is 0. The fourth-order valence-corrected chi connectivity index (χ4v) is 53.2. The van der Waals surface area contributed by atoms with E-state index in [9.17, 15) is 0 Å². The third-order valence-electron chi connectivity index (χ3n) is 4.70. The molecule has 2 unspecified atom stereocenters. The summed E-state index contributed by atoms with van der Waals surface area (Å²) >= 11 is -4.93. The van der Waals surface area contributed by atoms with E-state index in [0.29, 0.717) is 6.61 Å². The van der Waals surface area contributed by atoms with Crippen molar-refractivity contribution in [1.82, 2.24) is 3.26 Å². The van der Waals surface area contributed by atoms with Gasteiger partial charge >= 0.3 is 176 Å². The van der Waals surface area contributed by atoms with Crippen molar-refractivity contribution in [2.24, 2.45) is 0 Å². The molecule has 3 nitrogen and oxygen atoms in total. The van der Waals surface area contributed by atoms with E-state index in [-0.39, 0.29) is 9.16 Å². The molecule has 0 saturated carbocycles. The van der Waals surface area contributed by atoms with Gasteiger partial charge in [-0.1, -0.05) is 0 Å². The standard InChI is InChI=1S/C9H7.C6H17O2Si2.C4H10N.2ClH.Zr/c1-2-5-9-7-3-6-8(9)4-1;1-6-7-9(2)8-10(3,4)5;1-4(2,3)5;;;/h1-7H;6H2,1-5H3;5H,1-3H3;2*1H;/q;;-1;;;+3/p-2. The zero-order valence-electron chi connectivity index (χ0n) is 17.8. The topological polar surface area (TPSA) is 30.5 Å². The van der Waals surface area contributed by atoms with Gasteiger partial charge in [0.2, 0.25) is 0 Å². The average molecular weight is 527 g/mol. The van der Waals surface area contributed by atoms with Gasteiger partial charge in [0, 0.05) is 0 Å². The molecule has 0 fully saturated rings. The summed E-state index contributed by atoms with van der Waals surface area (Å²) < 4.78 is 16.9. The van der Waals surface area contributed by atoms with Crippen LogP contribution in [0.15, 0.2) is 30.3 Å². The summed E-state index contributed by atoms with van der Waals surface area (Å²) in [6, 6.07) is 8.36. The first kappa shape index (κ1) is 24.0. The molecule has 1 aliphatic rings. The first-order valence-corrected chi connectivity index (χ1v) is 28.0. The van der Waals surface area contributed by atoms with Gasteiger partial charge in [0.1, 0.15) is 0 Å². The molecule has 0 aromatic heterocycles. The van der Waals surface area contributed by atoms with Gasteiger partial charge in [0.25, 0.3) is 0 Å². The maximum atomic E-state index is 7.75. The molecule has 2 rings (SSSR count). The van der Waals surface area contributed by atoms with Crippen LogP contribution < -0.4 is 3.26 Å². The Labute approximate surface area is 174 Å². The van der Waals surface area contributed by atoms with Crippen LogP contribution in [0.25, 0.3) is 6.08 Å².